The second kappa shape index (κ2) is 16.1. The van der Waals surface area contributed by atoms with Crippen LogP contribution in [0, 0.1) is 6.92 Å². The number of hydrogen-bond acceptors (Lipinski definition) is 8. The molecule has 2 aromatic heterocycles. The summed E-state index contributed by atoms with van der Waals surface area (Å²) >= 11 is 0. The van der Waals surface area contributed by atoms with Crippen molar-refractivity contribution in [2.45, 2.75) is 49.6 Å². The molecule has 0 spiro atoms. The quantitative estimate of drug-likeness (QED) is 0.129. The van der Waals surface area contributed by atoms with E-state index in [1.165, 1.54) is 25.4 Å². The molecule has 0 unspecified atom stereocenters. The largest absolute Gasteiger partial charge is 0.497 e. The number of methoxy groups -OCH3 is 1. The highest BCUT2D eigenvalue weighted by Gasteiger charge is 2.28. The van der Waals surface area contributed by atoms with Gasteiger partial charge in [0.25, 0.3) is 15.9 Å². The molecule has 3 aromatic carbocycles. The van der Waals surface area contributed by atoms with Crippen molar-refractivity contribution in [1.29, 1.82) is 0 Å². The van der Waals surface area contributed by atoms with Crippen molar-refractivity contribution in [3.8, 4) is 17.0 Å². The predicted octanol–water partition coefficient (Wildman–Crippen LogP) is 3.42. The van der Waals surface area contributed by atoms with E-state index >= 15 is 0 Å². The SMILES string of the molecule is CNC(=O)[C@@H](Cc1cn(S(=O)(=O)c2ccc(C)cc2)cn1)NC(=O)[C@@H](CCCc1ccccc1)NC(=O)c1cc(-c2ccc(OC)cc2)n[nH]1. The minimum Gasteiger partial charge on any atom is -0.497 e. The van der Waals surface area contributed by atoms with E-state index in [2.05, 4.69) is 31.1 Å². The van der Waals surface area contributed by atoms with Gasteiger partial charge in [0.2, 0.25) is 11.8 Å². The third kappa shape index (κ3) is 8.82. The topological polar surface area (TPSA) is 177 Å². The van der Waals surface area contributed by atoms with Crippen LogP contribution in [0.15, 0.2) is 102 Å². The molecule has 0 aliphatic rings. The first-order valence-electron chi connectivity index (χ1n) is 16.0. The lowest BCUT2D eigenvalue weighted by Crippen LogP contribution is -2.54. The summed E-state index contributed by atoms with van der Waals surface area (Å²) in [6.07, 6.45) is 3.87. The second-order valence-electron chi connectivity index (χ2n) is 11.7. The third-order valence-corrected chi connectivity index (χ3v) is 9.76. The van der Waals surface area contributed by atoms with Gasteiger partial charge in [-0.15, -0.1) is 0 Å². The van der Waals surface area contributed by atoms with Gasteiger partial charge in [-0.05, 0) is 74.2 Å². The molecule has 13 nitrogen and oxygen atoms in total. The molecular formula is C36H39N7O6S. The van der Waals surface area contributed by atoms with Crippen molar-refractivity contribution in [3.05, 3.63) is 120 Å². The molecule has 0 saturated carbocycles. The van der Waals surface area contributed by atoms with Gasteiger partial charge in [-0.1, -0.05) is 48.0 Å². The van der Waals surface area contributed by atoms with Crippen LogP contribution >= 0.6 is 0 Å². The first kappa shape index (κ1) is 35.5. The summed E-state index contributed by atoms with van der Waals surface area (Å²) in [7, 11) is -0.918. The van der Waals surface area contributed by atoms with E-state index in [4.69, 9.17) is 4.74 Å². The molecule has 0 saturated heterocycles. The predicted molar refractivity (Wildman–Crippen MR) is 187 cm³/mol. The van der Waals surface area contributed by atoms with Gasteiger partial charge >= 0.3 is 0 Å². The first-order valence-corrected chi connectivity index (χ1v) is 17.4. The fourth-order valence-corrected chi connectivity index (χ4v) is 6.44. The van der Waals surface area contributed by atoms with Crippen LogP contribution < -0.4 is 20.7 Å². The molecule has 4 N–H and O–H groups in total. The monoisotopic (exact) mass is 697 g/mol. The number of benzene rings is 3. The Labute approximate surface area is 290 Å². The number of nitrogens with zero attached hydrogens (tertiary/aromatic N) is 3. The van der Waals surface area contributed by atoms with E-state index in [1.807, 2.05) is 49.4 Å². The van der Waals surface area contributed by atoms with Crippen molar-refractivity contribution < 1.29 is 27.5 Å². The van der Waals surface area contributed by atoms with Gasteiger partial charge in [0.15, 0.2) is 0 Å². The number of hydrogen-bond donors (Lipinski definition) is 4. The number of ether oxygens (including phenoxy) is 1. The highest BCUT2D eigenvalue weighted by atomic mass is 32.2. The number of imidazole rings is 1. The maximum atomic E-state index is 13.8. The van der Waals surface area contributed by atoms with Crippen LogP contribution in [0.25, 0.3) is 11.3 Å². The normalized spacial score (nSPS) is 12.5. The maximum Gasteiger partial charge on any atom is 0.269 e. The molecule has 0 aliphatic carbocycles. The van der Waals surface area contributed by atoms with Crippen molar-refractivity contribution in [3.63, 3.8) is 0 Å². The summed E-state index contributed by atoms with van der Waals surface area (Å²) in [5.74, 6) is -0.959. The highest BCUT2D eigenvalue weighted by Crippen LogP contribution is 2.21. The Morgan fingerprint density at radius 1 is 0.920 bits per heavy atom. The van der Waals surface area contributed by atoms with Crippen molar-refractivity contribution in [2.75, 3.05) is 14.2 Å². The number of carbonyl (C=O) groups is 3. The van der Waals surface area contributed by atoms with Crippen molar-refractivity contribution >= 4 is 27.7 Å². The van der Waals surface area contributed by atoms with Gasteiger partial charge in [-0.25, -0.2) is 17.4 Å². The van der Waals surface area contributed by atoms with E-state index < -0.39 is 39.8 Å². The summed E-state index contributed by atoms with van der Waals surface area (Å²) in [6, 6.07) is 22.8. The summed E-state index contributed by atoms with van der Waals surface area (Å²) in [6.45, 7) is 1.86. The molecule has 2 atom stereocenters. The minimum absolute atomic E-state index is 0.0886. The zero-order valence-corrected chi connectivity index (χ0v) is 28.7. The molecular weight excluding hydrogens is 659 g/mol. The van der Waals surface area contributed by atoms with Crippen LogP contribution in [-0.2, 0) is 32.5 Å². The molecule has 0 aliphatic heterocycles. The number of carbonyl (C=O) groups excluding carboxylic acids is 3. The van der Waals surface area contributed by atoms with Gasteiger partial charge in [-0.2, -0.15) is 5.10 Å². The Kier molecular flexibility index (Phi) is 11.4. The van der Waals surface area contributed by atoms with Crippen LogP contribution in [0.3, 0.4) is 0 Å². The maximum absolute atomic E-state index is 13.8. The second-order valence-corrected chi connectivity index (χ2v) is 13.5. The van der Waals surface area contributed by atoms with Crippen LogP contribution in [0.4, 0.5) is 0 Å². The smallest absolute Gasteiger partial charge is 0.269 e. The fourth-order valence-electron chi connectivity index (χ4n) is 5.29. The molecule has 0 bridgehead atoms. The van der Waals surface area contributed by atoms with Gasteiger partial charge in [0.05, 0.1) is 23.4 Å². The summed E-state index contributed by atoms with van der Waals surface area (Å²) in [4.78, 5) is 44.4. The summed E-state index contributed by atoms with van der Waals surface area (Å²) in [5.41, 5.74) is 3.71. The molecule has 5 aromatic rings. The third-order valence-electron chi connectivity index (χ3n) is 8.13. The Morgan fingerprint density at radius 3 is 2.32 bits per heavy atom. The summed E-state index contributed by atoms with van der Waals surface area (Å²) in [5, 5.41) is 15.1. The lowest BCUT2D eigenvalue weighted by Gasteiger charge is -2.22. The Balaban J connectivity index is 1.31. The zero-order chi connectivity index (χ0) is 35.7. The molecule has 0 radical (unpaired) electrons. The minimum atomic E-state index is -3.92. The Morgan fingerprint density at radius 2 is 1.64 bits per heavy atom. The number of likely N-dealkylation sites (N-methyl/N-ethyl adjacent to an activating group) is 1. The number of aromatic nitrogens is 4. The highest BCUT2D eigenvalue weighted by molar-refractivity contribution is 7.90. The molecule has 2 heterocycles. The van der Waals surface area contributed by atoms with E-state index in [1.54, 1.807) is 37.4 Å². The molecule has 0 fully saturated rings. The lowest BCUT2D eigenvalue weighted by molar-refractivity contribution is -0.129. The fraction of sp³-hybridized carbons (Fsp3) is 0.250. The molecule has 260 valence electrons. The van der Waals surface area contributed by atoms with E-state index in [9.17, 15) is 22.8 Å². The van der Waals surface area contributed by atoms with Gasteiger partial charge in [0, 0.05) is 25.2 Å². The van der Waals surface area contributed by atoms with Crippen LogP contribution in [0.2, 0.25) is 0 Å². The zero-order valence-electron chi connectivity index (χ0n) is 27.9. The van der Waals surface area contributed by atoms with E-state index in [0.29, 0.717) is 24.3 Å². The van der Waals surface area contributed by atoms with E-state index in [-0.39, 0.29) is 29.1 Å². The Bertz CT molecular complexity index is 2020. The average molecular weight is 698 g/mol. The van der Waals surface area contributed by atoms with Crippen LogP contribution in [-0.4, -0.2) is 71.5 Å². The number of rotatable bonds is 15. The molecule has 14 heteroatoms. The standard InChI is InChI=1S/C36H39N7O6S/c1-24-12-18-29(19-13-24)50(47,48)43-22-27(38-23-43)20-32(34(44)37-2)40-35(45)30(11-7-10-25-8-5-4-6-9-25)39-36(46)33-21-31(41-42-33)26-14-16-28(49-3)17-15-26/h4-6,8-9,12-19,21-23,30,32H,7,10-11,20H2,1-3H3,(H,37,44)(H,39,46)(H,40,45)(H,41,42)/t30-,32-/m1/s1. The van der Waals surface area contributed by atoms with Crippen molar-refractivity contribution in [2.24, 2.45) is 0 Å². The lowest BCUT2D eigenvalue weighted by atomic mass is 10.0. The molecule has 3 amide bonds. The van der Waals surface area contributed by atoms with Gasteiger partial charge < -0.3 is 20.7 Å². The van der Waals surface area contributed by atoms with Crippen LogP contribution in [0.5, 0.6) is 5.75 Å². The number of nitrogens with one attached hydrogen (secondary N) is 4. The molecule has 5 rings (SSSR count). The number of H-pyrrole nitrogens is 1. The average Bonchev–Trinajstić information content (AvgIpc) is 3.82. The van der Waals surface area contributed by atoms with Crippen LogP contribution in [0.1, 0.15) is 40.2 Å². The van der Waals surface area contributed by atoms with Gasteiger partial charge in [-0.3, -0.25) is 19.5 Å². The number of amides is 3. The summed E-state index contributed by atoms with van der Waals surface area (Å²) < 4.78 is 32.5. The number of aryl methyl sites for hydroxylation is 2. The number of aromatic amines is 1. The Hall–Kier alpha value is -5.76. The first-order chi connectivity index (χ1) is 24.1. The van der Waals surface area contributed by atoms with Gasteiger partial charge in [0.1, 0.15) is 29.9 Å². The van der Waals surface area contributed by atoms with Crippen molar-refractivity contribution in [1.82, 2.24) is 35.1 Å². The van der Waals surface area contributed by atoms with E-state index in [0.717, 1.165) is 27.0 Å². The molecule has 50 heavy (non-hydrogen) atoms.